The lowest BCUT2D eigenvalue weighted by Crippen LogP contribution is -2.59. The number of ether oxygens (including phenoxy) is 3. The Balaban J connectivity index is 1.68. The molecule has 2 aliphatic rings. The Morgan fingerprint density at radius 1 is 0.931 bits per heavy atom. The summed E-state index contributed by atoms with van der Waals surface area (Å²) in [5.74, 6) is 0.0871. The van der Waals surface area contributed by atoms with Gasteiger partial charge in [0, 0.05) is 0 Å². The van der Waals surface area contributed by atoms with Gasteiger partial charge in [0.1, 0.15) is 29.8 Å². The van der Waals surface area contributed by atoms with Gasteiger partial charge in [0.15, 0.2) is 24.3 Å². The van der Waals surface area contributed by atoms with Gasteiger partial charge in [0.05, 0.1) is 11.7 Å². The molecule has 7 atom stereocenters. The van der Waals surface area contributed by atoms with Crippen LogP contribution in [0.4, 0.5) is 0 Å². The third kappa shape index (κ3) is 3.61. The number of para-hydroxylation sites is 1. The first kappa shape index (κ1) is 19.8. The van der Waals surface area contributed by atoms with Crippen LogP contribution in [0.1, 0.15) is 28.9 Å². The molecule has 2 aromatic rings. The second kappa shape index (κ2) is 7.74. The monoisotopic (exact) mass is 402 g/mol. The number of hydrogen-bond donors (Lipinski definition) is 4. The van der Waals surface area contributed by atoms with Crippen LogP contribution >= 0.6 is 0 Å². The highest BCUT2D eigenvalue weighted by Gasteiger charge is 2.47. The van der Waals surface area contributed by atoms with E-state index in [-0.39, 0.29) is 11.5 Å². The number of aliphatic hydroxyl groups is 3. The average molecular weight is 402 g/mol. The Bertz CT molecular complexity index is 883. The predicted molar refractivity (Wildman–Crippen MR) is 99.5 cm³/mol. The molecule has 2 heterocycles. The first-order valence-electron chi connectivity index (χ1n) is 9.31. The maximum atomic E-state index is 13.2. The van der Waals surface area contributed by atoms with Crippen molar-refractivity contribution in [3.05, 3.63) is 59.7 Å². The maximum Gasteiger partial charge on any atom is 0.199 e. The molecule has 2 aromatic carbocycles. The van der Waals surface area contributed by atoms with Crippen LogP contribution in [0.3, 0.4) is 0 Å². The van der Waals surface area contributed by atoms with Crippen molar-refractivity contribution in [2.24, 2.45) is 0 Å². The summed E-state index contributed by atoms with van der Waals surface area (Å²) in [6.45, 7) is 1.53. The topological polar surface area (TPSA) is 126 Å². The molecule has 0 saturated carbocycles. The molecular weight excluding hydrogens is 380 g/mol. The first-order chi connectivity index (χ1) is 13.9. The summed E-state index contributed by atoms with van der Waals surface area (Å²) in [6.07, 6.45) is -8.51. The molecule has 0 aliphatic carbocycles. The molecule has 0 amide bonds. The molecule has 2 aliphatic heterocycles. The van der Waals surface area contributed by atoms with E-state index in [4.69, 9.17) is 14.2 Å². The van der Waals surface area contributed by atoms with E-state index in [9.17, 15) is 25.2 Å². The lowest BCUT2D eigenvalue weighted by atomic mass is 9.93. The van der Waals surface area contributed by atoms with Crippen LogP contribution in [0.5, 0.6) is 11.5 Å². The minimum absolute atomic E-state index is 0.0609. The predicted octanol–water partition coefficient (Wildman–Crippen LogP) is 0.921. The zero-order chi connectivity index (χ0) is 20.7. The molecule has 0 spiro atoms. The SMILES string of the molecule is C[C@@H]1O[C@@H](O[C@@H]2C(=O)c3ccccc3O[C@H]2c2ccc(O)cc2)[C@H](O)[C@H](O)[C@H]1O. The van der Waals surface area contributed by atoms with Crippen molar-refractivity contribution in [1.82, 2.24) is 0 Å². The molecule has 1 fully saturated rings. The van der Waals surface area contributed by atoms with E-state index in [1.807, 2.05) is 0 Å². The summed E-state index contributed by atoms with van der Waals surface area (Å²) in [6, 6.07) is 12.9. The molecule has 4 rings (SSSR count). The smallest absolute Gasteiger partial charge is 0.199 e. The van der Waals surface area contributed by atoms with Gasteiger partial charge in [0.2, 0.25) is 0 Å². The Labute approximate surface area is 166 Å². The van der Waals surface area contributed by atoms with Crippen LogP contribution in [0.15, 0.2) is 48.5 Å². The van der Waals surface area contributed by atoms with E-state index in [0.717, 1.165) is 0 Å². The zero-order valence-corrected chi connectivity index (χ0v) is 15.6. The summed E-state index contributed by atoms with van der Waals surface area (Å²) < 4.78 is 17.3. The number of carbonyl (C=O) groups excluding carboxylic acids is 1. The van der Waals surface area contributed by atoms with Gasteiger partial charge in [-0.3, -0.25) is 4.79 Å². The number of carbonyl (C=O) groups is 1. The van der Waals surface area contributed by atoms with Crippen molar-refractivity contribution in [3.63, 3.8) is 0 Å². The van der Waals surface area contributed by atoms with Crippen molar-refractivity contribution < 1.29 is 39.4 Å². The van der Waals surface area contributed by atoms with E-state index in [1.54, 1.807) is 36.4 Å². The second-order valence-electron chi connectivity index (χ2n) is 7.23. The van der Waals surface area contributed by atoms with Gasteiger partial charge < -0.3 is 34.6 Å². The molecule has 0 unspecified atom stereocenters. The van der Waals surface area contributed by atoms with E-state index in [2.05, 4.69) is 0 Å². The fourth-order valence-electron chi connectivity index (χ4n) is 3.57. The van der Waals surface area contributed by atoms with Crippen molar-refractivity contribution >= 4 is 5.78 Å². The number of Topliss-reactive ketones (excluding diaryl/α,β-unsaturated/α-hetero) is 1. The normalized spacial score (nSPS) is 34.3. The number of phenols is 1. The highest BCUT2D eigenvalue weighted by atomic mass is 16.7. The highest BCUT2D eigenvalue weighted by molar-refractivity contribution is 6.03. The van der Waals surface area contributed by atoms with Gasteiger partial charge >= 0.3 is 0 Å². The van der Waals surface area contributed by atoms with Crippen LogP contribution < -0.4 is 4.74 Å². The fourth-order valence-corrected chi connectivity index (χ4v) is 3.57. The number of hydrogen-bond acceptors (Lipinski definition) is 8. The Kier molecular flexibility index (Phi) is 5.28. The van der Waals surface area contributed by atoms with Gasteiger partial charge in [-0.2, -0.15) is 0 Å². The molecule has 1 saturated heterocycles. The van der Waals surface area contributed by atoms with E-state index in [1.165, 1.54) is 19.1 Å². The number of aliphatic hydroxyl groups excluding tert-OH is 3. The summed E-state index contributed by atoms with van der Waals surface area (Å²) in [4.78, 5) is 13.2. The number of phenolic OH excluding ortho intramolecular Hbond substituents is 1. The van der Waals surface area contributed by atoms with Crippen molar-refractivity contribution in [2.75, 3.05) is 0 Å². The quantitative estimate of drug-likeness (QED) is 0.597. The van der Waals surface area contributed by atoms with E-state index in [0.29, 0.717) is 16.9 Å². The first-order valence-corrected chi connectivity index (χ1v) is 9.31. The Morgan fingerprint density at radius 2 is 1.62 bits per heavy atom. The minimum atomic E-state index is -1.55. The van der Waals surface area contributed by atoms with Gasteiger partial charge in [-0.15, -0.1) is 0 Å². The molecular formula is C21H22O8. The summed E-state index contributed by atoms with van der Waals surface area (Å²) in [5.41, 5.74) is 0.904. The van der Waals surface area contributed by atoms with Crippen molar-refractivity contribution in [2.45, 2.75) is 49.8 Å². The largest absolute Gasteiger partial charge is 0.508 e. The number of ketones is 1. The summed E-state index contributed by atoms with van der Waals surface area (Å²) in [5, 5.41) is 39.8. The third-order valence-electron chi connectivity index (χ3n) is 5.25. The van der Waals surface area contributed by atoms with Crippen LogP contribution in [-0.4, -0.2) is 63.0 Å². The number of aromatic hydroxyl groups is 1. The van der Waals surface area contributed by atoms with Crippen molar-refractivity contribution in [1.29, 1.82) is 0 Å². The molecule has 0 radical (unpaired) electrons. The Morgan fingerprint density at radius 3 is 2.34 bits per heavy atom. The molecule has 29 heavy (non-hydrogen) atoms. The highest BCUT2D eigenvalue weighted by Crippen LogP contribution is 2.38. The van der Waals surface area contributed by atoms with Gasteiger partial charge in [-0.1, -0.05) is 24.3 Å². The van der Waals surface area contributed by atoms with Crippen LogP contribution in [0, 0.1) is 0 Å². The van der Waals surface area contributed by atoms with Gasteiger partial charge in [-0.25, -0.2) is 0 Å². The van der Waals surface area contributed by atoms with Crippen LogP contribution in [0.25, 0.3) is 0 Å². The lowest BCUT2D eigenvalue weighted by Gasteiger charge is -2.42. The maximum absolute atomic E-state index is 13.2. The molecule has 4 N–H and O–H groups in total. The average Bonchev–Trinajstić information content (AvgIpc) is 2.72. The molecule has 154 valence electrons. The second-order valence-corrected chi connectivity index (χ2v) is 7.23. The molecule has 8 heteroatoms. The summed E-state index contributed by atoms with van der Waals surface area (Å²) in [7, 11) is 0. The third-order valence-corrected chi connectivity index (χ3v) is 5.25. The molecule has 0 bridgehead atoms. The van der Waals surface area contributed by atoms with E-state index >= 15 is 0 Å². The van der Waals surface area contributed by atoms with Gasteiger partial charge in [-0.05, 0) is 36.8 Å². The number of rotatable bonds is 3. The number of fused-ring (bicyclic) bond motifs is 1. The van der Waals surface area contributed by atoms with Crippen LogP contribution in [0.2, 0.25) is 0 Å². The van der Waals surface area contributed by atoms with Crippen LogP contribution in [-0.2, 0) is 9.47 Å². The lowest BCUT2D eigenvalue weighted by molar-refractivity contribution is -0.304. The van der Waals surface area contributed by atoms with E-state index < -0.39 is 42.9 Å². The minimum Gasteiger partial charge on any atom is -0.508 e. The molecule has 0 aromatic heterocycles. The van der Waals surface area contributed by atoms with Crippen molar-refractivity contribution in [3.8, 4) is 11.5 Å². The zero-order valence-electron chi connectivity index (χ0n) is 15.6. The van der Waals surface area contributed by atoms with Gasteiger partial charge in [0.25, 0.3) is 0 Å². The Hall–Kier alpha value is -2.49. The summed E-state index contributed by atoms with van der Waals surface area (Å²) >= 11 is 0. The molecule has 8 nitrogen and oxygen atoms in total. The number of benzene rings is 2. The standard InChI is InChI=1S/C21H22O8/c1-10-15(23)17(25)18(26)21(27-10)29-20-16(24)13-4-2-3-5-14(13)28-19(20)11-6-8-12(22)9-7-11/h2-10,15,17-23,25-26H,1H3/t10-,15-,17+,18+,19-,20+,21-/m0/s1. The fraction of sp³-hybridized carbons (Fsp3) is 0.381.